The third-order valence-corrected chi connectivity index (χ3v) is 7.91. The molecule has 2 atom stereocenters. The lowest BCUT2D eigenvalue weighted by Crippen LogP contribution is -2.29. The fraction of sp³-hybridized carbons (Fsp3) is 0.241. The maximum atomic E-state index is 11.8. The highest BCUT2D eigenvalue weighted by Crippen LogP contribution is 2.44. The minimum atomic E-state index is -3.40. The third-order valence-electron chi connectivity index (χ3n) is 7.00. The lowest BCUT2D eigenvalue weighted by Gasteiger charge is -2.29. The number of methoxy groups -OCH3 is 1. The molecule has 2 aromatic carbocycles. The molecule has 1 fully saturated rings. The number of hydrogen-bond acceptors (Lipinski definition) is 5. The molecular formula is C29H31N5O3S2. The van der Waals surface area contributed by atoms with Crippen molar-refractivity contribution in [3.63, 3.8) is 0 Å². The molecule has 2 N–H and O–H groups in total. The van der Waals surface area contributed by atoms with Crippen molar-refractivity contribution in [3.05, 3.63) is 101 Å². The Morgan fingerprint density at radius 1 is 1.00 bits per heavy atom. The number of nitrogens with one attached hydrogen (secondary N) is 2. The first-order valence-electron chi connectivity index (χ1n) is 12.5. The average molecular weight is 562 g/mol. The molecule has 1 saturated heterocycles. The second-order valence-corrected chi connectivity index (χ2v) is 11.9. The topological polar surface area (TPSA) is 88.5 Å². The van der Waals surface area contributed by atoms with Gasteiger partial charge in [0, 0.05) is 29.0 Å². The predicted octanol–water partition coefficient (Wildman–Crippen LogP) is 5.35. The molecule has 0 aliphatic carbocycles. The molecule has 8 nitrogen and oxygen atoms in total. The van der Waals surface area contributed by atoms with Gasteiger partial charge in [-0.05, 0) is 105 Å². The van der Waals surface area contributed by atoms with Crippen molar-refractivity contribution in [1.82, 2.24) is 14.9 Å². The van der Waals surface area contributed by atoms with Gasteiger partial charge in [-0.15, -0.1) is 0 Å². The Labute approximate surface area is 234 Å². The van der Waals surface area contributed by atoms with Crippen LogP contribution in [0, 0.1) is 20.8 Å². The normalized spacial score (nSPS) is 17.3. The van der Waals surface area contributed by atoms with Crippen LogP contribution in [0.5, 0.6) is 5.75 Å². The third kappa shape index (κ3) is 5.22. The van der Waals surface area contributed by atoms with E-state index >= 15 is 0 Å². The Bertz CT molecular complexity index is 1630. The Balaban J connectivity index is 1.63. The fourth-order valence-electron chi connectivity index (χ4n) is 5.28. The molecule has 2 aromatic heterocycles. The number of rotatable bonds is 7. The molecule has 10 heteroatoms. The van der Waals surface area contributed by atoms with Gasteiger partial charge in [0.2, 0.25) is 10.0 Å². The minimum absolute atomic E-state index is 0.196. The maximum Gasteiger partial charge on any atom is 0.229 e. The second kappa shape index (κ2) is 10.3. The summed E-state index contributed by atoms with van der Waals surface area (Å²) in [5, 5.41) is 4.08. The number of aromatic nitrogens is 2. The number of nitrogens with zero attached hydrogens (tertiary/aromatic N) is 3. The van der Waals surface area contributed by atoms with E-state index < -0.39 is 10.0 Å². The zero-order chi connectivity index (χ0) is 27.9. The number of sulfonamides is 1. The van der Waals surface area contributed by atoms with Gasteiger partial charge in [-0.3, -0.25) is 9.71 Å². The van der Waals surface area contributed by atoms with Crippen molar-refractivity contribution in [3.8, 4) is 11.4 Å². The van der Waals surface area contributed by atoms with Gasteiger partial charge in [-0.1, -0.05) is 6.07 Å². The Kier molecular flexibility index (Phi) is 7.09. The summed E-state index contributed by atoms with van der Waals surface area (Å²) in [5.41, 5.74) is 7.41. The Hall–Kier alpha value is -3.89. The first-order valence-corrected chi connectivity index (χ1v) is 14.8. The van der Waals surface area contributed by atoms with Gasteiger partial charge < -0.3 is 19.5 Å². The molecule has 3 heterocycles. The minimum Gasteiger partial charge on any atom is -0.497 e. The molecule has 0 amide bonds. The number of ether oxygens (including phenoxy) is 1. The number of aryl methyl sites for hydroxylation is 2. The van der Waals surface area contributed by atoms with Crippen molar-refractivity contribution in [2.75, 3.05) is 23.0 Å². The monoisotopic (exact) mass is 561 g/mol. The highest BCUT2D eigenvalue weighted by molar-refractivity contribution is 7.92. The van der Waals surface area contributed by atoms with Crippen LogP contribution in [0.15, 0.2) is 72.9 Å². The fourth-order valence-corrected chi connectivity index (χ4v) is 6.25. The summed E-state index contributed by atoms with van der Waals surface area (Å²) >= 11 is 5.90. The van der Waals surface area contributed by atoms with Crippen molar-refractivity contribution >= 4 is 38.7 Å². The number of pyridine rings is 1. The maximum absolute atomic E-state index is 11.8. The van der Waals surface area contributed by atoms with Gasteiger partial charge in [0.05, 0.1) is 36.8 Å². The van der Waals surface area contributed by atoms with E-state index in [2.05, 4.69) is 44.4 Å². The van der Waals surface area contributed by atoms with Gasteiger partial charge in [0.15, 0.2) is 5.11 Å². The number of hydrogen-bond donors (Lipinski definition) is 2. The summed E-state index contributed by atoms with van der Waals surface area (Å²) in [5.74, 6) is 0.803. The van der Waals surface area contributed by atoms with Gasteiger partial charge in [-0.2, -0.15) is 0 Å². The van der Waals surface area contributed by atoms with Crippen LogP contribution in [0.3, 0.4) is 0 Å². The van der Waals surface area contributed by atoms with Crippen molar-refractivity contribution in [1.29, 1.82) is 0 Å². The summed E-state index contributed by atoms with van der Waals surface area (Å²) < 4.78 is 33.8. The molecule has 0 spiro atoms. The van der Waals surface area contributed by atoms with Gasteiger partial charge in [0.1, 0.15) is 5.75 Å². The Morgan fingerprint density at radius 2 is 1.72 bits per heavy atom. The molecular weight excluding hydrogens is 530 g/mol. The van der Waals surface area contributed by atoms with E-state index in [1.807, 2.05) is 61.5 Å². The SMILES string of the molecule is COc1ccc(-n2c(C)cc([C@H]3[C@H](c4ccccn4)NC(=S)N3c3ccc(NS(C)(=O)=O)c(C)c3)c2C)cc1. The van der Waals surface area contributed by atoms with Crippen molar-refractivity contribution < 1.29 is 13.2 Å². The van der Waals surface area contributed by atoms with Gasteiger partial charge in [0.25, 0.3) is 0 Å². The molecule has 39 heavy (non-hydrogen) atoms. The quantitative estimate of drug-likeness (QED) is 0.294. The van der Waals surface area contributed by atoms with Crippen LogP contribution in [0.2, 0.25) is 0 Å². The zero-order valence-corrected chi connectivity index (χ0v) is 24.1. The van der Waals surface area contributed by atoms with Crippen LogP contribution < -0.4 is 19.7 Å². The number of anilines is 2. The van der Waals surface area contributed by atoms with Crippen molar-refractivity contribution in [2.24, 2.45) is 0 Å². The summed E-state index contributed by atoms with van der Waals surface area (Å²) in [6.45, 7) is 6.09. The van der Waals surface area contributed by atoms with Gasteiger partial charge in [-0.25, -0.2) is 8.42 Å². The molecule has 1 aliphatic heterocycles. The summed E-state index contributed by atoms with van der Waals surface area (Å²) in [6, 6.07) is 21.3. The second-order valence-electron chi connectivity index (χ2n) is 9.73. The lowest BCUT2D eigenvalue weighted by molar-refractivity contribution is 0.414. The molecule has 0 bridgehead atoms. The lowest BCUT2D eigenvalue weighted by atomic mass is 9.96. The number of thiocarbonyl (C=S) groups is 1. The zero-order valence-electron chi connectivity index (χ0n) is 22.5. The average Bonchev–Trinajstić information content (AvgIpc) is 3.40. The summed E-state index contributed by atoms with van der Waals surface area (Å²) in [7, 11) is -1.74. The molecule has 0 radical (unpaired) electrons. The molecule has 5 rings (SSSR count). The molecule has 202 valence electrons. The Morgan fingerprint density at radius 3 is 2.33 bits per heavy atom. The molecule has 1 aliphatic rings. The smallest absolute Gasteiger partial charge is 0.229 e. The first-order chi connectivity index (χ1) is 18.6. The van der Waals surface area contributed by atoms with E-state index in [0.29, 0.717) is 10.8 Å². The molecule has 0 unspecified atom stereocenters. The first kappa shape index (κ1) is 26.7. The van der Waals surface area contributed by atoms with Crippen LogP contribution >= 0.6 is 12.2 Å². The van der Waals surface area contributed by atoms with E-state index in [-0.39, 0.29) is 12.1 Å². The van der Waals surface area contributed by atoms with E-state index in [4.69, 9.17) is 17.0 Å². The molecule has 4 aromatic rings. The van der Waals surface area contributed by atoms with Crippen LogP contribution in [-0.2, 0) is 10.0 Å². The van der Waals surface area contributed by atoms with Gasteiger partial charge >= 0.3 is 0 Å². The summed E-state index contributed by atoms with van der Waals surface area (Å²) in [4.78, 5) is 6.76. The highest BCUT2D eigenvalue weighted by Gasteiger charge is 2.42. The predicted molar refractivity (Wildman–Crippen MR) is 159 cm³/mol. The largest absolute Gasteiger partial charge is 0.497 e. The van der Waals surface area contributed by atoms with E-state index in [9.17, 15) is 8.42 Å². The molecule has 0 saturated carbocycles. The van der Waals surface area contributed by atoms with E-state index in [1.165, 1.54) is 0 Å². The van der Waals surface area contributed by atoms with Crippen LogP contribution in [0.25, 0.3) is 5.69 Å². The number of benzene rings is 2. The van der Waals surface area contributed by atoms with Crippen LogP contribution in [0.1, 0.15) is 40.3 Å². The van der Waals surface area contributed by atoms with Crippen LogP contribution in [0.4, 0.5) is 11.4 Å². The van der Waals surface area contributed by atoms with Crippen LogP contribution in [-0.4, -0.2) is 36.4 Å². The highest BCUT2D eigenvalue weighted by atomic mass is 32.2. The summed E-state index contributed by atoms with van der Waals surface area (Å²) in [6.07, 6.45) is 2.93. The van der Waals surface area contributed by atoms with E-state index in [0.717, 1.165) is 51.6 Å². The standard InChI is InChI=1S/C29H31N5O3S2/c1-18-16-22(11-14-25(18)32-39(5,35)36)34-28(27(31-29(34)38)26-8-6-7-15-30-26)24-17-19(2)33(20(24)3)21-9-12-23(37-4)13-10-21/h6-17,27-28,32H,1-5H3,(H,31,38)/t27-,28-/m0/s1. The van der Waals surface area contributed by atoms with E-state index in [1.54, 1.807) is 19.4 Å². The van der Waals surface area contributed by atoms with Crippen molar-refractivity contribution in [2.45, 2.75) is 32.9 Å².